The van der Waals surface area contributed by atoms with Gasteiger partial charge in [-0.15, -0.1) is 13.2 Å². The van der Waals surface area contributed by atoms with E-state index >= 15 is 0 Å². The molecule has 2 aromatic rings. The lowest BCUT2D eigenvalue weighted by Gasteiger charge is -2.36. The van der Waals surface area contributed by atoms with Crippen LogP contribution in [0, 0.1) is 11.8 Å². The Balaban J connectivity index is 1.42. The summed E-state index contributed by atoms with van der Waals surface area (Å²) < 4.78 is 12.6. The number of aliphatic hydroxyl groups is 1. The predicted molar refractivity (Wildman–Crippen MR) is 171 cm³/mol. The number of nitrogens with one attached hydrogen (secondary N) is 1. The highest BCUT2D eigenvalue weighted by molar-refractivity contribution is 5.98. The van der Waals surface area contributed by atoms with Gasteiger partial charge in [0.1, 0.15) is 17.7 Å². The van der Waals surface area contributed by atoms with E-state index in [1.54, 1.807) is 17.1 Å². The van der Waals surface area contributed by atoms with E-state index in [-0.39, 0.29) is 56.8 Å². The molecule has 3 aliphatic heterocycles. The lowest BCUT2D eigenvalue weighted by Crippen LogP contribution is -2.56. The molecule has 1 spiro atoms. The molecule has 3 amide bonds. The summed E-state index contributed by atoms with van der Waals surface area (Å²) >= 11 is 0. The maximum atomic E-state index is 14.4. The van der Waals surface area contributed by atoms with Crippen molar-refractivity contribution in [3.05, 3.63) is 97.1 Å². The molecule has 3 saturated heterocycles. The van der Waals surface area contributed by atoms with Crippen molar-refractivity contribution in [2.24, 2.45) is 11.8 Å². The van der Waals surface area contributed by atoms with Gasteiger partial charge in [-0.3, -0.25) is 19.2 Å². The molecule has 2 bridgehead atoms. The molecule has 2 aromatic carbocycles. The second kappa shape index (κ2) is 14.9. The van der Waals surface area contributed by atoms with Gasteiger partial charge in [-0.25, -0.2) is 0 Å². The second-order valence-electron chi connectivity index (χ2n) is 12.1. The maximum Gasteiger partial charge on any atom is 0.313 e. The summed E-state index contributed by atoms with van der Waals surface area (Å²) in [7, 11) is 0. The molecule has 3 heterocycles. The highest BCUT2D eigenvalue weighted by Gasteiger charge is 2.75. The summed E-state index contributed by atoms with van der Waals surface area (Å²) in [5.41, 5.74) is 0.435. The minimum atomic E-state index is -1.20. The third-order valence-electron chi connectivity index (χ3n) is 9.23. The Hall–Kier alpha value is -4.28. The van der Waals surface area contributed by atoms with Crippen LogP contribution in [0.1, 0.15) is 49.3 Å². The lowest BCUT2D eigenvalue weighted by molar-refractivity contribution is -0.160. The van der Waals surface area contributed by atoms with Gasteiger partial charge in [0.15, 0.2) is 0 Å². The Labute approximate surface area is 270 Å². The van der Waals surface area contributed by atoms with Crippen LogP contribution in [0.5, 0.6) is 0 Å². The largest absolute Gasteiger partial charge is 0.455 e. The molecule has 10 heteroatoms. The van der Waals surface area contributed by atoms with E-state index in [0.717, 1.165) is 5.56 Å². The zero-order valence-corrected chi connectivity index (χ0v) is 26.1. The Morgan fingerprint density at radius 2 is 1.83 bits per heavy atom. The molecule has 3 fully saturated rings. The Morgan fingerprint density at radius 1 is 1.11 bits per heavy atom. The fraction of sp³-hybridized carbons (Fsp3) is 0.444. The predicted octanol–water partition coefficient (Wildman–Crippen LogP) is 3.33. The number of likely N-dealkylation sites (tertiary alicyclic amines) is 1. The summed E-state index contributed by atoms with van der Waals surface area (Å²) in [6.07, 6.45) is 3.95. The van der Waals surface area contributed by atoms with Crippen LogP contribution in [-0.2, 0) is 35.2 Å². The van der Waals surface area contributed by atoms with Gasteiger partial charge in [-0.05, 0) is 36.8 Å². The van der Waals surface area contributed by atoms with Crippen LogP contribution < -0.4 is 5.32 Å². The average Bonchev–Trinajstić information content (AvgIpc) is 3.72. The summed E-state index contributed by atoms with van der Waals surface area (Å²) in [6.45, 7) is 8.13. The van der Waals surface area contributed by atoms with Crippen molar-refractivity contribution in [1.29, 1.82) is 0 Å². The minimum absolute atomic E-state index is 0.0630. The zero-order chi connectivity index (χ0) is 32.7. The van der Waals surface area contributed by atoms with Crippen molar-refractivity contribution >= 4 is 23.7 Å². The van der Waals surface area contributed by atoms with Gasteiger partial charge in [0.2, 0.25) is 17.7 Å². The first-order valence-electron chi connectivity index (χ1n) is 16.0. The number of fused-ring (bicyclic) bond motifs is 1. The van der Waals surface area contributed by atoms with Crippen molar-refractivity contribution < 1.29 is 33.8 Å². The molecule has 6 atom stereocenters. The molecule has 46 heavy (non-hydrogen) atoms. The molecule has 3 aliphatic rings. The standard InChI is InChI=1S/C36H43N3O7/c1-3-5-17-29(41)37-23-28(26-15-10-7-11-16-26)45-35(44)30-27-18-19-36(46-27)31(30)33(42)39(21-12-22-40)32(36)34(43)38(20-4-2)24-25-13-8-6-9-14-25/h3-4,6-11,13-16,27-28,30-32,40H,1-2,5,12,17-24H2,(H,37,41)/t27-,28-,30+,31+,32-,36+/m0/s1. The first-order chi connectivity index (χ1) is 22.3. The SMILES string of the molecule is C=CCCC(=O)NC[C@H](OC(=O)[C@@H]1[C@@H]2CC[C@]3(O2)[C@H](C(=O)N(CC=C)Cc2ccccc2)N(CCCO)C(=O)[C@@H]13)c1ccccc1. The van der Waals surface area contributed by atoms with Gasteiger partial charge in [0.25, 0.3) is 0 Å². The quantitative estimate of drug-likeness (QED) is 0.216. The Kier molecular flexibility index (Phi) is 10.7. The van der Waals surface area contributed by atoms with Gasteiger partial charge in [-0.2, -0.15) is 0 Å². The van der Waals surface area contributed by atoms with Crippen LogP contribution in [0.2, 0.25) is 0 Å². The van der Waals surface area contributed by atoms with Crippen molar-refractivity contribution in [3.63, 3.8) is 0 Å². The summed E-state index contributed by atoms with van der Waals surface area (Å²) in [6, 6.07) is 17.8. The molecule has 0 unspecified atom stereocenters. The van der Waals surface area contributed by atoms with Gasteiger partial charge in [0.05, 0.1) is 24.5 Å². The minimum Gasteiger partial charge on any atom is -0.455 e. The van der Waals surface area contributed by atoms with Gasteiger partial charge < -0.3 is 29.7 Å². The summed E-state index contributed by atoms with van der Waals surface area (Å²) in [5, 5.41) is 12.5. The first kappa shape index (κ1) is 33.1. The fourth-order valence-electron chi connectivity index (χ4n) is 7.19. The van der Waals surface area contributed by atoms with E-state index in [9.17, 15) is 24.3 Å². The van der Waals surface area contributed by atoms with Crippen LogP contribution in [0.4, 0.5) is 0 Å². The Morgan fingerprint density at radius 3 is 2.50 bits per heavy atom. The average molecular weight is 630 g/mol. The number of esters is 1. The topological polar surface area (TPSA) is 125 Å². The van der Waals surface area contributed by atoms with E-state index in [2.05, 4.69) is 18.5 Å². The van der Waals surface area contributed by atoms with Gasteiger partial charge in [-0.1, -0.05) is 72.8 Å². The monoisotopic (exact) mass is 629 g/mol. The van der Waals surface area contributed by atoms with Gasteiger partial charge >= 0.3 is 5.97 Å². The molecule has 2 N–H and O–H groups in total. The van der Waals surface area contributed by atoms with Crippen LogP contribution in [0.15, 0.2) is 86.0 Å². The number of carbonyl (C=O) groups excluding carboxylic acids is 4. The number of benzene rings is 2. The third-order valence-corrected chi connectivity index (χ3v) is 9.23. The number of ether oxygens (including phenoxy) is 2. The molecule has 0 radical (unpaired) electrons. The fourth-order valence-corrected chi connectivity index (χ4v) is 7.19. The van der Waals surface area contributed by atoms with Gasteiger partial charge in [0, 0.05) is 32.7 Å². The molecular weight excluding hydrogens is 586 g/mol. The highest BCUT2D eigenvalue weighted by atomic mass is 16.6. The van der Waals surface area contributed by atoms with E-state index in [1.807, 2.05) is 60.7 Å². The van der Waals surface area contributed by atoms with Crippen LogP contribution in [-0.4, -0.2) is 82.6 Å². The Bertz CT molecular complexity index is 1420. The highest BCUT2D eigenvalue weighted by Crippen LogP contribution is 2.59. The number of carbonyl (C=O) groups is 4. The van der Waals surface area contributed by atoms with Crippen LogP contribution in [0.3, 0.4) is 0 Å². The van der Waals surface area contributed by atoms with Crippen molar-refractivity contribution in [3.8, 4) is 0 Å². The summed E-state index contributed by atoms with van der Waals surface area (Å²) in [4.78, 5) is 58.2. The molecule has 244 valence electrons. The molecule has 10 nitrogen and oxygen atoms in total. The lowest BCUT2D eigenvalue weighted by atomic mass is 9.70. The third kappa shape index (κ3) is 6.64. The number of hydrogen-bond donors (Lipinski definition) is 2. The number of aliphatic hydroxyl groups excluding tert-OH is 1. The first-order valence-corrected chi connectivity index (χ1v) is 16.0. The normalized spacial score (nSPS) is 25.1. The van der Waals surface area contributed by atoms with Crippen molar-refractivity contribution in [2.75, 3.05) is 26.2 Å². The molecular formula is C36H43N3O7. The molecule has 5 rings (SSSR count). The van der Waals surface area contributed by atoms with Crippen molar-refractivity contribution in [1.82, 2.24) is 15.1 Å². The number of nitrogens with zero attached hydrogens (tertiary/aromatic N) is 2. The number of rotatable bonds is 16. The summed E-state index contributed by atoms with van der Waals surface area (Å²) in [5.74, 6) is -3.24. The van der Waals surface area contributed by atoms with Crippen molar-refractivity contribution in [2.45, 2.75) is 62.5 Å². The number of hydrogen-bond acceptors (Lipinski definition) is 7. The smallest absolute Gasteiger partial charge is 0.313 e. The molecule has 0 aliphatic carbocycles. The second-order valence-corrected chi connectivity index (χ2v) is 12.1. The number of allylic oxidation sites excluding steroid dienone is 1. The van der Waals surface area contributed by atoms with E-state index in [4.69, 9.17) is 9.47 Å². The van der Waals surface area contributed by atoms with E-state index in [1.165, 1.54) is 4.90 Å². The molecule has 0 saturated carbocycles. The maximum absolute atomic E-state index is 14.4. The number of amides is 3. The zero-order valence-electron chi connectivity index (χ0n) is 26.1. The van der Waals surface area contributed by atoms with Crippen LogP contribution in [0.25, 0.3) is 0 Å². The van der Waals surface area contributed by atoms with E-state index < -0.39 is 41.7 Å². The van der Waals surface area contributed by atoms with Crippen LogP contribution >= 0.6 is 0 Å². The molecule has 0 aromatic heterocycles. The van der Waals surface area contributed by atoms with E-state index in [0.29, 0.717) is 31.4 Å².